The predicted octanol–water partition coefficient (Wildman–Crippen LogP) is 6.99. The number of hydrogen-bond acceptors (Lipinski definition) is 5. The molecule has 3 N–H and O–H groups in total. The number of anilines is 3. The van der Waals surface area contributed by atoms with Crippen molar-refractivity contribution in [1.29, 1.82) is 0 Å². The van der Waals surface area contributed by atoms with Gasteiger partial charge in [0.2, 0.25) is 0 Å². The van der Waals surface area contributed by atoms with Gasteiger partial charge in [-0.25, -0.2) is 0 Å². The van der Waals surface area contributed by atoms with Crippen LogP contribution in [0.5, 0.6) is 28.7 Å². The molecule has 5 heteroatoms. The molecular formula is C27H25NO4. The van der Waals surface area contributed by atoms with E-state index in [1.54, 1.807) is 30.3 Å². The summed E-state index contributed by atoms with van der Waals surface area (Å²) in [6.45, 7) is 5.53. The highest BCUT2D eigenvalue weighted by Gasteiger charge is 2.15. The third-order valence-electron chi connectivity index (χ3n) is 5.36. The lowest BCUT2D eigenvalue weighted by atomic mass is 10.1. The highest BCUT2D eigenvalue weighted by molar-refractivity contribution is 5.78. The average molecular weight is 428 g/mol. The fraction of sp³-hybridized carbons (Fsp3) is 0.111. The van der Waals surface area contributed by atoms with E-state index in [-0.39, 0.29) is 17.2 Å². The molecule has 0 aliphatic carbocycles. The molecule has 0 aromatic heterocycles. The lowest BCUT2D eigenvalue weighted by molar-refractivity contribution is 0.460. The summed E-state index contributed by atoms with van der Waals surface area (Å²) in [6.07, 6.45) is 0. The number of benzene rings is 4. The molecule has 0 bridgehead atoms. The van der Waals surface area contributed by atoms with E-state index in [1.807, 2.05) is 74.2 Å². The topological polar surface area (TPSA) is 73.2 Å². The first-order chi connectivity index (χ1) is 15.3. The Labute approximate surface area is 187 Å². The number of phenolic OH excluding ortho intramolecular Hbond substituents is 3. The molecule has 0 saturated heterocycles. The van der Waals surface area contributed by atoms with Gasteiger partial charge in [0.25, 0.3) is 0 Å². The molecule has 162 valence electrons. The Bertz CT molecular complexity index is 1230. The average Bonchev–Trinajstić information content (AvgIpc) is 2.76. The number of ether oxygens (including phenoxy) is 1. The fourth-order valence-corrected chi connectivity index (χ4v) is 3.52. The predicted molar refractivity (Wildman–Crippen MR) is 127 cm³/mol. The van der Waals surface area contributed by atoms with E-state index in [9.17, 15) is 15.3 Å². The molecule has 0 aliphatic heterocycles. The van der Waals surface area contributed by atoms with Crippen LogP contribution in [-0.4, -0.2) is 15.3 Å². The maximum Gasteiger partial charge on any atom is 0.129 e. The highest BCUT2D eigenvalue weighted by Crippen LogP contribution is 2.39. The van der Waals surface area contributed by atoms with Crippen LogP contribution in [0.2, 0.25) is 0 Å². The summed E-state index contributed by atoms with van der Waals surface area (Å²) in [5.41, 5.74) is 4.84. The number of phenols is 3. The Balaban J connectivity index is 1.78. The monoisotopic (exact) mass is 427 g/mol. The van der Waals surface area contributed by atoms with Crippen LogP contribution in [0.15, 0.2) is 78.9 Å². The summed E-state index contributed by atoms with van der Waals surface area (Å²) in [7, 11) is 0. The van der Waals surface area contributed by atoms with Gasteiger partial charge in [0, 0.05) is 23.1 Å². The van der Waals surface area contributed by atoms with E-state index in [1.165, 1.54) is 0 Å². The van der Waals surface area contributed by atoms with Crippen LogP contribution in [-0.2, 0) is 0 Å². The number of rotatable bonds is 5. The SMILES string of the molecule is Cc1cc(Oc2cccc(N(c3ccc(O)c(C)c3)c3ccc(O)c(C)c3)c2)ccc1O. The molecule has 4 aromatic carbocycles. The molecular weight excluding hydrogens is 402 g/mol. The maximum absolute atomic E-state index is 10.0. The first-order valence-electron chi connectivity index (χ1n) is 10.3. The van der Waals surface area contributed by atoms with Crippen LogP contribution in [0.1, 0.15) is 16.7 Å². The van der Waals surface area contributed by atoms with Crippen molar-refractivity contribution in [2.45, 2.75) is 20.8 Å². The fourth-order valence-electron chi connectivity index (χ4n) is 3.52. The van der Waals surface area contributed by atoms with Gasteiger partial charge in [0.05, 0.1) is 0 Å². The van der Waals surface area contributed by atoms with Crippen LogP contribution >= 0.6 is 0 Å². The van der Waals surface area contributed by atoms with Crippen LogP contribution < -0.4 is 9.64 Å². The zero-order valence-electron chi connectivity index (χ0n) is 18.2. The lowest BCUT2D eigenvalue weighted by Gasteiger charge is -2.27. The molecule has 4 rings (SSSR count). The molecule has 0 aliphatic rings. The van der Waals surface area contributed by atoms with Crippen molar-refractivity contribution in [3.63, 3.8) is 0 Å². The molecule has 0 unspecified atom stereocenters. The second-order valence-electron chi connectivity index (χ2n) is 7.82. The third-order valence-corrected chi connectivity index (χ3v) is 5.36. The normalized spacial score (nSPS) is 10.7. The van der Waals surface area contributed by atoms with Crippen molar-refractivity contribution in [2.75, 3.05) is 4.90 Å². The minimum absolute atomic E-state index is 0.225. The van der Waals surface area contributed by atoms with Crippen LogP contribution in [0, 0.1) is 20.8 Å². The number of aromatic hydroxyl groups is 3. The van der Waals surface area contributed by atoms with Crippen molar-refractivity contribution in [2.24, 2.45) is 0 Å². The van der Waals surface area contributed by atoms with E-state index in [0.29, 0.717) is 11.5 Å². The Kier molecular flexibility index (Phi) is 5.65. The Morgan fingerprint density at radius 1 is 0.531 bits per heavy atom. The molecule has 0 amide bonds. The van der Waals surface area contributed by atoms with Crippen molar-refractivity contribution in [3.05, 3.63) is 95.6 Å². The highest BCUT2D eigenvalue weighted by atomic mass is 16.5. The molecule has 0 saturated carbocycles. The van der Waals surface area contributed by atoms with Gasteiger partial charge in [-0.3, -0.25) is 0 Å². The van der Waals surface area contributed by atoms with Gasteiger partial charge in [0.1, 0.15) is 28.7 Å². The minimum atomic E-state index is 0.225. The molecule has 4 aromatic rings. The van der Waals surface area contributed by atoms with Gasteiger partial charge < -0.3 is 25.0 Å². The van der Waals surface area contributed by atoms with Crippen molar-refractivity contribution >= 4 is 17.1 Å². The summed E-state index contributed by atoms with van der Waals surface area (Å²) in [6, 6.07) is 23.6. The molecule has 0 radical (unpaired) electrons. The number of hydrogen-bond donors (Lipinski definition) is 3. The second kappa shape index (κ2) is 8.55. The van der Waals surface area contributed by atoms with E-state index in [4.69, 9.17) is 4.74 Å². The number of aryl methyl sites for hydroxylation is 3. The summed E-state index contributed by atoms with van der Waals surface area (Å²) < 4.78 is 6.04. The van der Waals surface area contributed by atoms with Gasteiger partial charge in [-0.2, -0.15) is 0 Å². The van der Waals surface area contributed by atoms with Crippen LogP contribution in [0.25, 0.3) is 0 Å². The molecule has 0 spiro atoms. The van der Waals surface area contributed by atoms with Crippen molar-refractivity contribution in [1.82, 2.24) is 0 Å². The van der Waals surface area contributed by atoms with Crippen LogP contribution in [0.3, 0.4) is 0 Å². The number of nitrogens with zero attached hydrogens (tertiary/aromatic N) is 1. The smallest absolute Gasteiger partial charge is 0.129 e. The van der Waals surface area contributed by atoms with E-state index in [0.717, 1.165) is 33.8 Å². The standard InChI is InChI=1S/C27H25NO4/c1-17-13-21(7-10-25(17)29)28(22-8-11-26(30)18(2)14-22)20-5-4-6-23(16-20)32-24-9-12-27(31)19(3)15-24/h4-16,29-31H,1-3H3. The zero-order chi connectivity index (χ0) is 22.8. The molecule has 0 atom stereocenters. The Morgan fingerprint density at radius 2 is 1.00 bits per heavy atom. The van der Waals surface area contributed by atoms with Gasteiger partial charge in [-0.15, -0.1) is 0 Å². The molecule has 5 nitrogen and oxygen atoms in total. The Morgan fingerprint density at radius 3 is 1.53 bits per heavy atom. The molecule has 32 heavy (non-hydrogen) atoms. The third kappa shape index (κ3) is 4.32. The summed E-state index contributed by atoms with van der Waals surface area (Å²) >= 11 is 0. The van der Waals surface area contributed by atoms with Gasteiger partial charge in [0.15, 0.2) is 0 Å². The first kappa shape index (κ1) is 21.1. The van der Waals surface area contributed by atoms with Crippen molar-refractivity contribution in [3.8, 4) is 28.7 Å². The lowest BCUT2D eigenvalue weighted by Crippen LogP contribution is -2.10. The quantitative estimate of drug-likeness (QED) is 0.320. The molecule has 0 heterocycles. The van der Waals surface area contributed by atoms with Crippen LogP contribution in [0.4, 0.5) is 17.1 Å². The maximum atomic E-state index is 10.0. The Hall–Kier alpha value is -4.12. The zero-order valence-corrected chi connectivity index (χ0v) is 18.2. The van der Waals surface area contributed by atoms with Gasteiger partial charge >= 0.3 is 0 Å². The first-order valence-corrected chi connectivity index (χ1v) is 10.3. The summed E-state index contributed by atoms with van der Waals surface area (Å²) in [5, 5.41) is 29.8. The van der Waals surface area contributed by atoms with E-state index >= 15 is 0 Å². The summed E-state index contributed by atoms with van der Waals surface area (Å²) in [5.74, 6) is 1.96. The van der Waals surface area contributed by atoms with Crippen molar-refractivity contribution < 1.29 is 20.1 Å². The minimum Gasteiger partial charge on any atom is -0.508 e. The molecule has 0 fully saturated rings. The summed E-state index contributed by atoms with van der Waals surface area (Å²) in [4.78, 5) is 2.04. The van der Waals surface area contributed by atoms with Gasteiger partial charge in [-0.05, 0) is 104 Å². The van der Waals surface area contributed by atoms with E-state index in [2.05, 4.69) is 0 Å². The second-order valence-corrected chi connectivity index (χ2v) is 7.82. The largest absolute Gasteiger partial charge is 0.508 e. The van der Waals surface area contributed by atoms with Gasteiger partial charge in [-0.1, -0.05) is 6.07 Å². The van der Waals surface area contributed by atoms with E-state index < -0.39 is 0 Å².